The van der Waals surface area contributed by atoms with E-state index in [2.05, 4.69) is 5.32 Å². The van der Waals surface area contributed by atoms with Gasteiger partial charge < -0.3 is 15.0 Å². The van der Waals surface area contributed by atoms with Gasteiger partial charge in [-0.25, -0.2) is 13.6 Å². The maximum absolute atomic E-state index is 12.3. The number of carbonyl (C=O) groups is 1. The predicted molar refractivity (Wildman–Crippen MR) is 80.2 cm³/mol. The normalized spacial score (nSPS) is 16.1. The second-order valence-electron chi connectivity index (χ2n) is 5.24. The molecule has 0 bridgehead atoms. The van der Waals surface area contributed by atoms with Crippen molar-refractivity contribution in [3.8, 4) is 0 Å². The molecule has 122 valence electrons. The van der Waals surface area contributed by atoms with Crippen molar-refractivity contribution < 1.29 is 18.3 Å². The lowest BCUT2D eigenvalue weighted by molar-refractivity contribution is 0.0651. The molecular weight excluding hydrogens is 292 g/mol. The molecule has 2 amide bonds. The third-order valence-electron chi connectivity index (χ3n) is 3.54. The molecule has 5 nitrogen and oxygen atoms in total. The van der Waals surface area contributed by atoms with E-state index in [1.807, 2.05) is 24.3 Å². The van der Waals surface area contributed by atoms with Crippen LogP contribution in [0.2, 0.25) is 0 Å². The van der Waals surface area contributed by atoms with Crippen LogP contribution < -0.4 is 5.32 Å². The third kappa shape index (κ3) is 4.92. The van der Waals surface area contributed by atoms with Crippen molar-refractivity contribution in [1.82, 2.24) is 9.80 Å². The Kier molecular flexibility index (Phi) is 6.09. The molecular formula is C15H21F2N3O2. The van der Waals surface area contributed by atoms with Crippen LogP contribution in [0.1, 0.15) is 5.56 Å². The van der Waals surface area contributed by atoms with Gasteiger partial charge in [-0.05, 0) is 17.7 Å². The van der Waals surface area contributed by atoms with Gasteiger partial charge in [0.1, 0.15) is 0 Å². The number of methoxy groups -OCH3 is 1. The number of alkyl halides is 2. The summed E-state index contributed by atoms with van der Waals surface area (Å²) < 4.78 is 29.7. The van der Waals surface area contributed by atoms with Gasteiger partial charge in [0.2, 0.25) is 0 Å². The largest absolute Gasteiger partial charge is 0.380 e. The summed E-state index contributed by atoms with van der Waals surface area (Å²) in [5.74, 6) is 0. The van der Waals surface area contributed by atoms with E-state index in [0.29, 0.717) is 38.5 Å². The second-order valence-corrected chi connectivity index (χ2v) is 5.24. The van der Waals surface area contributed by atoms with Crippen molar-refractivity contribution >= 4 is 11.7 Å². The molecule has 0 atom stereocenters. The van der Waals surface area contributed by atoms with Crippen molar-refractivity contribution in [3.63, 3.8) is 0 Å². The highest BCUT2D eigenvalue weighted by Crippen LogP contribution is 2.13. The van der Waals surface area contributed by atoms with E-state index in [-0.39, 0.29) is 12.6 Å². The maximum Gasteiger partial charge on any atom is 0.321 e. The Balaban J connectivity index is 1.84. The quantitative estimate of drug-likeness (QED) is 0.907. The van der Waals surface area contributed by atoms with E-state index in [4.69, 9.17) is 4.74 Å². The number of amides is 2. The van der Waals surface area contributed by atoms with E-state index in [9.17, 15) is 13.6 Å². The zero-order valence-electron chi connectivity index (χ0n) is 12.6. The van der Waals surface area contributed by atoms with E-state index in [0.717, 1.165) is 5.56 Å². The van der Waals surface area contributed by atoms with Gasteiger partial charge in [-0.15, -0.1) is 0 Å². The molecule has 1 saturated heterocycles. The minimum absolute atomic E-state index is 0.203. The third-order valence-corrected chi connectivity index (χ3v) is 3.54. The van der Waals surface area contributed by atoms with E-state index < -0.39 is 6.43 Å². The molecule has 0 aliphatic carbocycles. The van der Waals surface area contributed by atoms with Gasteiger partial charge in [-0.2, -0.15) is 0 Å². The van der Waals surface area contributed by atoms with Gasteiger partial charge in [0, 0.05) is 39.0 Å². The van der Waals surface area contributed by atoms with Crippen LogP contribution in [0.3, 0.4) is 0 Å². The molecule has 0 spiro atoms. The standard InChI is InChI=1S/C15H21F2N3O2/c1-22-11-12-3-2-4-13(9-12)18-15(21)20-7-5-19(6-8-20)10-14(16)17/h2-4,9,14H,5-8,10-11H2,1H3,(H,18,21). The van der Waals surface area contributed by atoms with Crippen LogP contribution in [0.4, 0.5) is 19.3 Å². The topological polar surface area (TPSA) is 44.8 Å². The summed E-state index contributed by atoms with van der Waals surface area (Å²) in [6.45, 7) is 2.11. The lowest BCUT2D eigenvalue weighted by Crippen LogP contribution is -2.50. The number of nitrogens with one attached hydrogen (secondary N) is 1. The Morgan fingerprint density at radius 1 is 1.32 bits per heavy atom. The molecule has 22 heavy (non-hydrogen) atoms. The number of ether oxygens (including phenoxy) is 1. The van der Waals surface area contributed by atoms with Crippen LogP contribution in [-0.2, 0) is 11.3 Å². The lowest BCUT2D eigenvalue weighted by Gasteiger charge is -2.34. The molecule has 0 aromatic heterocycles. The van der Waals surface area contributed by atoms with Crippen molar-refractivity contribution in [3.05, 3.63) is 29.8 Å². The van der Waals surface area contributed by atoms with E-state index in [1.165, 1.54) is 0 Å². The van der Waals surface area contributed by atoms with Gasteiger partial charge in [0.15, 0.2) is 0 Å². The minimum Gasteiger partial charge on any atom is -0.380 e. The fourth-order valence-corrected chi connectivity index (χ4v) is 2.44. The van der Waals surface area contributed by atoms with Gasteiger partial charge in [0.05, 0.1) is 13.2 Å². The highest BCUT2D eigenvalue weighted by atomic mass is 19.3. The molecule has 1 aliphatic rings. The molecule has 2 rings (SSSR count). The van der Waals surface area contributed by atoms with Gasteiger partial charge in [-0.1, -0.05) is 12.1 Å². The number of rotatable bonds is 5. The number of nitrogens with zero attached hydrogens (tertiary/aromatic N) is 2. The summed E-state index contributed by atoms with van der Waals surface area (Å²) in [6, 6.07) is 7.23. The fraction of sp³-hybridized carbons (Fsp3) is 0.533. The first-order valence-corrected chi connectivity index (χ1v) is 7.23. The number of carbonyl (C=O) groups excluding carboxylic acids is 1. The first kappa shape index (κ1) is 16.6. The van der Waals surface area contributed by atoms with Gasteiger partial charge in [0.25, 0.3) is 6.43 Å². The summed E-state index contributed by atoms with van der Waals surface area (Å²) in [4.78, 5) is 15.5. The number of piperazine rings is 1. The molecule has 1 fully saturated rings. The summed E-state index contributed by atoms with van der Waals surface area (Å²) in [7, 11) is 1.62. The van der Waals surface area contributed by atoms with Gasteiger partial charge in [-0.3, -0.25) is 4.90 Å². The zero-order valence-corrected chi connectivity index (χ0v) is 12.6. The number of urea groups is 1. The molecule has 1 aromatic carbocycles. The van der Waals surface area contributed by atoms with Crippen molar-refractivity contribution in [2.45, 2.75) is 13.0 Å². The molecule has 1 aromatic rings. The van der Waals surface area contributed by atoms with Crippen LogP contribution >= 0.6 is 0 Å². The monoisotopic (exact) mass is 313 g/mol. The molecule has 0 unspecified atom stereocenters. The first-order valence-electron chi connectivity index (χ1n) is 7.23. The molecule has 0 saturated carbocycles. The number of anilines is 1. The Hall–Kier alpha value is -1.73. The number of benzene rings is 1. The summed E-state index contributed by atoms with van der Waals surface area (Å²) in [5.41, 5.74) is 1.68. The zero-order chi connectivity index (χ0) is 15.9. The highest BCUT2D eigenvalue weighted by Gasteiger charge is 2.22. The van der Waals surface area contributed by atoms with Crippen LogP contribution in [0, 0.1) is 0 Å². The summed E-state index contributed by atoms with van der Waals surface area (Å²) in [6.07, 6.45) is -2.33. The smallest absolute Gasteiger partial charge is 0.321 e. The number of hydrogen-bond acceptors (Lipinski definition) is 3. The minimum atomic E-state index is -2.33. The lowest BCUT2D eigenvalue weighted by atomic mass is 10.2. The molecule has 1 heterocycles. The molecule has 1 aliphatic heterocycles. The first-order chi connectivity index (χ1) is 10.6. The Morgan fingerprint density at radius 3 is 2.68 bits per heavy atom. The Morgan fingerprint density at radius 2 is 2.05 bits per heavy atom. The van der Waals surface area contributed by atoms with Crippen LogP contribution in [0.5, 0.6) is 0 Å². The Bertz CT molecular complexity index is 491. The Labute approximate surface area is 128 Å². The van der Waals surface area contributed by atoms with E-state index in [1.54, 1.807) is 16.9 Å². The number of halogens is 2. The number of hydrogen-bond donors (Lipinski definition) is 1. The second kappa shape index (κ2) is 8.05. The van der Waals surface area contributed by atoms with E-state index >= 15 is 0 Å². The SMILES string of the molecule is COCc1cccc(NC(=O)N2CCN(CC(F)F)CC2)c1. The van der Waals surface area contributed by atoms with Crippen LogP contribution in [-0.4, -0.2) is 62.1 Å². The van der Waals surface area contributed by atoms with Crippen molar-refractivity contribution in [2.75, 3.05) is 45.2 Å². The van der Waals surface area contributed by atoms with Crippen molar-refractivity contribution in [2.24, 2.45) is 0 Å². The van der Waals surface area contributed by atoms with Crippen LogP contribution in [0.15, 0.2) is 24.3 Å². The van der Waals surface area contributed by atoms with Crippen molar-refractivity contribution in [1.29, 1.82) is 0 Å². The fourth-order valence-electron chi connectivity index (χ4n) is 2.44. The molecule has 1 N–H and O–H groups in total. The summed E-state index contributed by atoms with van der Waals surface area (Å²) >= 11 is 0. The molecule has 7 heteroatoms. The predicted octanol–water partition coefficient (Wildman–Crippen LogP) is 2.25. The van der Waals surface area contributed by atoms with Gasteiger partial charge >= 0.3 is 6.03 Å². The highest BCUT2D eigenvalue weighted by molar-refractivity contribution is 5.89. The maximum atomic E-state index is 12.3. The van der Waals surface area contributed by atoms with Crippen LogP contribution in [0.25, 0.3) is 0 Å². The summed E-state index contributed by atoms with van der Waals surface area (Å²) in [5, 5.41) is 2.83. The molecule has 0 radical (unpaired) electrons. The average Bonchev–Trinajstić information content (AvgIpc) is 2.48. The average molecular weight is 313 g/mol.